The number of likely N-dealkylation sites (tertiary alicyclic amines) is 1. The molecule has 1 amide bonds. The minimum Gasteiger partial charge on any atom is -0.339 e. The second-order valence-electron chi connectivity index (χ2n) is 3.84. The molecule has 4 nitrogen and oxygen atoms in total. The van der Waals surface area contributed by atoms with Crippen LogP contribution >= 0.6 is 0 Å². The van der Waals surface area contributed by atoms with Crippen LogP contribution < -0.4 is 0 Å². The van der Waals surface area contributed by atoms with E-state index in [1.165, 1.54) is 11.6 Å². The van der Waals surface area contributed by atoms with E-state index < -0.39 is 0 Å². The highest BCUT2D eigenvalue weighted by molar-refractivity contribution is 5.87. The van der Waals surface area contributed by atoms with Crippen molar-refractivity contribution in [1.29, 1.82) is 0 Å². The van der Waals surface area contributed by atoms with Crippen molar-refractivity contribution in [1.82, 2.24) is 15.1 Å². The fourth-order valence-corrected chi connectivity index (χ4v) is 2.05. The fraction of sp³-hybridized carbons (Fsp3) is 0.455. The molecule has 2 heterocycles. The number of aromatic nitrogens is 2. The Balaban J connectivity index is 1.92. The van der Waals surface area contributed by atoms with Gasteiger partial charge in [0.05, 0.1) is 6.20 Å². The molecule has 0 radical (unpaired) electrons. The second kappa shape index (κ2) is 4.29. The van der Waals surface area contributed by atoms with Crippen molar-refractivity contribution in [3.63, 3.8) is 0 Å². The van der Waals surface area contributed by atoms with Crippen LogP contribution in [0.4, 0.5) is 0 Å². The monoisotopic (exact) mass is 205 g/mol. The van der Waals surface area contributed by atoms with Crippen molar-refractivity contribution < 1.29 is 4.79 Å². The van der Waals surface area contributed by atoms with Gasteiger partial charge in [0, 0.05) is 19.3 Å². The van der Waals surface area contributed by atoms with Gasteiger partial charge in [0.25, 0.3) is 0 Å². The summed E-state index contributed by atoms with van der Waals surface area (Å²) < 4.78 is 0. The largest absolute Gasteiger partial charge is 0.339 e. The smallest absolute Gasteiger partial charge is 0.245 e. The molecule has 1 aromatic heterocycles. The lowest BCUT2D eigenvalue weighted by molar-refractivity contribution is -0.127. The molecule has 2 rings (SSSR count). The Labute approximate surface area is 89.0 Å². The summed E-state index contributed by atoms with van der Waals surface area (Å²) in [5, 5.41) is 6.77. The molecule has 1 N–H and O–H groups in total. The number of carbonyl (C=O) groups excluding carboxylic acids is 1. The molecule has 15 heavy (non-hydrogen) atoms. The van der Waals surface area contributed by atoms with Crippen LogP contribution in [0.15, 0.2) is 25.0 Å². The van der Waals surface area contributed by atoms with Crippen molar-refractivity contribution in [2.24, 2.45) is 0 Å². The number of nitrogens with zero attached hydrogens (tertiary/aromatic N) is 2. The summed E-state index contributed by atoms with van der Waals surface area (Å²) in [4.78, 5) is 13.2. The van der Waals surface area contributed by atoms with Gasteiger partial charge in [0.2, 0.25) is 5.91 Å². The first-order valence-electron chi connectivity index (χ1n) is 5.21. The zero-order valence-corrected chi connectivity index (χ0v) is 8.65. The first-order valence-corrected chi connectivity index (χ1v) is 5.21. The minimum absolute atomic E-state index is 0.0423. The second-order valence-corrected chi connectivity index (χ2v) is 3.84. The lowest BCUT2D eigenvalue weighted by Gasteiger charge is -2.30. The van der Waals surface area contributed by atoms with Gasteiger partial charge >= 0.3 is 0 Å². The number of aromatic amines is 1. The Hall–Kier alpha value is -1.58. The number of carbonyl (C=O) groups is 1. The number of rotatable bonds is 2. The van der Waals surface area contributed by atoms with Crippen LogP contribution in [0.2, 0.25) is 0 Å². The Bertz CT molecular complexity index is 337. The number of hydrogen-bond acceptors (Lipinski definition) is 2. The van der Waals surface area contributed by atoms with E-state index in [9.17, 15) is 4.79 Å². The maximum atomic E-state index is 11.3. The molecule has 0 bridgehead atoms. The van der Waals surface area contributed by atoms with Crippen LogP contribution in [0, 0.1) is 0 Å². The highest BCUT2D eigenvalue weighted by atomic mass is 16.2. The Morgan fingerprint density at radius 2 is 2.33 bits per heavy atom. The summed E-state index contributed by atoms with van der Waals surface area (Å²) in [6.07, 6.45) is 7.22. The molecule has 1 aliphatic rings. The van der Waals surface area contributed by atoms with Crippen LogP contribution in [0.5, 0.6) is 0 Å². The van der Waals surface area contributed by atoms with Gasteiger partial charge in [-0.25, -0.2) is 0 Å². The van der Waals surface area contributed by atoms with Crippen molar-refractivity contribution in [3.8, 4) is 0 Å². The predicted molar refractivity (Wildman–Crippen MR) is 57.3 cm³/mol. The molecule has 0 unspecified atom stereocenters. The van der Waals surface area contributed by atoms with Crippen molar-refractivity contribution in [2.45, 2.75) is 18.8 Å². The first-order chi connectivity index (χ1) is 7.31. The van der Waals surface area contributed by atoms with E-state index in [1.54, 1.807) is 0 Å². The Kier molecular flexibility index (Phi) is 2.85. The maximum Gasteiger partial charge on any atom is 0.245 e. The van der Waals surface area contributed by atoms with Crippen molar-refractivity contribution in [2.75, 3.05) is 13.1 Å². The SMILES string of the molecule is C=CC(=O)N1CCC(c2cn[nH]c2)CC1. The van der Waals surface area contributed by atoms with Gasteiger partial charge in [-0.2, -0.15) is 5.10 Å². The van der Waals surface area contributed by atoms with Crippen LogP contribution in [0.3, 0.4) is 0 Å². The zero-order chi connectivity index (χ0) is 10.7. The van der Waals surface area contributed by atoms with Crippen LogP contribution in [-0.2, 0) is 4.79 Å². The quantitative estimate of drug-likeness (QED) is 0.740. The molecular formula is C11H15N3O. The molecule has 1 aliphatic heterocycles. The third-order valence-corrected chi connectivity index (χ3v) is 2.97. The molecule has 0 spiro atoms. The molecule has 1 aromatic rings. The van der Waals surface area contributed by atoms with E-state index in [2.05, 4.69) is 16.8 Å². The maximum absolute atomic E-state index is 11.3. The average Bonchev–Trinajstić information content (AvgIpc) is 2.82. The normalized spacial score (nSPS) is 17.7. The van der Waals surface area contributed by atoms with Crippen molar-refractivity contribution in [3.05, 3.63) is 30.6 Å². The Morgan fingerprint density at radius 3 is 2.87 bits per heavy atom. The molecule has 0 aromatic carbocycles. The van der Waals surface area contributed by atoms with Crippen LogP contribution in [0.1, 0.15) is 24.3 Å². The van der Waals surface area contributed by atoms with Gasteiger partial charge in [0.1, 0.15) is 0 Å². The number of nitrogens with one attached hydrogen (secondary N) is 1. The van der Waals surface area contributed by atoms with E-state index >= 15 is 0 Å². The molecular weight excluding hydrogens is 190 g/mol. The summed E-state index contributed by atoms with van der Waals surface area (Å²) in [5.74, 6) is 0.582. The molecule has 1 fully saturated rings. The molecule has 0 aliphatic carbocycles. The minimum atomic E-state index is 0.0423. The van der Waals surface area contributed by atoms with Gasteiger partial charge in [-0.05, 0) is 30.4 Å². The van der Waals surface area contributed by atoms with E-state index in [0.29, 0.717) is 5.92 Å². The average molecular weight is 205 g/mol. The van der Waals surface area contributed by atoms with Gasteiger partial charge < -0.3 is 4.90 Å². The Morgan fingerprint density at radius 1 is 1.60 bits per heavy atom. The van der Waals surface area contributed by atoms with E-state index in [-0.39, 0.29) is 5.91 Å². The van der Waals surface area contributed by atoms with E-state index in [0.717, 1.165) is 25.9 Å². The summed E-state index contributed by atoms with van der Waals surface area (Å²) in [7, 11) is 0. The number of piperidine rings is 1. The van der Waals surface area contributed by atoms with E-state index in [1.807, 2.05) is 17.3 Å². The fourth-order valence-electron chi connectivity index (χ4n) is 2.05. The summed E-state index contributed by atoms with van der Waals surface area (Å²) >= 11 is 0. The molecule has 80 valence electrons. The third kappa shape index (κ3) is 2.09. The summed E-state index contributed by atoms with van der Waals surface area (Å²) in [6, 6.07) is 0. The third-order valence-electron chi connectivity index (χ3n) is 2.97. The van der Waals surface area contributed by atoms with Crippen molar-refractivity contribution >= 4 is 5.91 Å². The lowest BCUT2D eigenvalue weighted by Crippen LogP contribution is -2.36. The highest BCUT2D eigenvalue weighted by Crippen LogP contribution is 2.26. The highest BCUT2D eigenvalue weighted by Gasteiger charge is 2.22. The zero-order valence-electron chi connectivity index (χ0n) is 8.65. The lowest BCUT2D eigenvalue weighted by atomic mass is 9.91. The van der Waals surface area contributed by atoms with Gasteiger partial charge in [-0.1, -0.05) is 6.58 Å². The molecule has 4 heteroatoms. The molecule has 1 saturated heterocycles. The van der Waals surface area contributed by atoms with E-state index in [4.69, 9.17) is 0 Å². The molecule has 0 atom stereocenters. The number of amides is 1. The predicted octanol–water partition coefficient (Wildman–Crippen LogP) is 1.30. The number of H-pyrrole nitrogens is 1. The first kappa shape index (κ1) is 9.96. The van der Waals surface area contributed by atoms with Gasteiger partial charge in [-0.3, -0.25) is 9.89 Å². The molecule has 0 saturated carbocycles. The summed E-state index contributed by atoms with van der Waals surface area (Å²) in [6.45, 7) is 5.14. The standard InChI is InChI=1S/C11H15N3O/c1-2-11(15)14-5-3-9(4-6-14)10-7-12-13-8-10/h2,7-9H,1,3-6H2,(H,12,13). The number of hydrogen-bond donors (Lipinski definition) is 1. The van der Waals surface area contributed by atoms with Gasteiger partial charge in [-0.15, -0.1) is 0 Å². The summed E-state index contributed by atoms with van der Waals surface area (Å²) in [5.41, 5.74) is 1.25. The van der Waals surface area contributed by atoms with Crippen LogP contribution in [0.25, 0.3) is 0 Å². The topological polar surface area (TPSA) is 49.0 Å². The van der Waals surface area contributed by atoms with Gasteiger partial charge in [0.15, 0.2) is 0 Å². The van der Waals surface area contributed by atoms with Crippen LogP contribution in [-0.4, -0.2) is 34.1 Å².